The number of hydrazine groups is 1. The number of benzene rings is 1. The van der Waals surface area contributed by atoms with Crippen molar-refractivity contribution in [3.05, 3.63) is 47.1 Å². The maximum Gasteiger partial charge on any atom is 0.239 e. The molecule has 4 N–H and O–H groups in total. The van der Waals surface area contributed by atoms with Gasteiger partial charge in [-0.2, -0.15) is 4.98 Å². The van der Waals surface area contributed by atoms with Gasteiger partial charge in [0.25, 0.3) is 0 Å². The summed E-state index contributed by atoms with van der Waals surface area (Å²) in [5, 5.41) is 3.87. The molecular weight excluding hydrogens is 238 g/mol. The summed E-state index contributed by atoms with van der Waals surface area (Å²) < 4.78 is 0. The van der Waals surface area contributed by atoms with Crippen LogP contribution in [0.2, 0.25) is 5.02 Å². The Morgan fingerprint density at radius 2 is 2.06 bits per heavy atom. The van der Waals surface area contributed by atoms with Crippen molar-refractivity contribution in [1.82, 2.24) is 9.97 Å². The summed E-state index contributed by atoms with van der Waals surface area (Å²) in [6.45, 7) is 0.598. The van der Waals surface area contributed by atoms with Crippen LogP contribution in [0.1, 0.15) is 5.56 Å². The highest BCUT2D eigenvalue weighted by atomic mass is 35.5. The van der Waals surface area contributed by atoms with Crippen LogP contribution in [0, 0.1) is 0 Å². The first kappa shape index (κ1) is 11.6. The summed E-state index contributed by atoms with van der Waals surface area (Å²) in [7, 11) is 0. The van der Waals surface area contributed by atoms with E-state index in [4.69, 9.17) is 17.4 Å². The Morgan fingerprint density at radius 1 is 1.24 bits per heavy atom. The lowest BCUT2D eigenvalue weighted by atomic mass is 10.2. The highest BCUT2D eigenvalue weighted by Crippen LogP contribution is 2.16. The van der Waals surface area contributed by atoms with Gasteiger partial charge in [-0.25, -0.2) is 10.8 Å². The molecule has 0 bridgehead atoms. The van der Waals surface area contributed by atoms with Gasteiger partial charge in [-0.05, 0) is 17.7 Å². The highest BCUT2D eigenvalue weighted by Gasteiger charge is 2.00. The maximum atomic E-state index is 6.04. The third-order valence-electron chi connectivity index (χ3n) is 2.20. The minimum Gasteiger partial charge on any atom is -0.366 e. The molecular formula is C11H12ClN5. The van der Waals surface area contributed by atoms with Crippen LogP contribution in [-0.2, 0) is 6.54 Å². The molecule has 0 aliphatic heterocycles. The molecule has 0 spiro atoms. The third-order valence-corrected chi connectivity index (χ3v) is 2.57. The Bertz CT molecular complexity index is 503. The van der Waals surface area contributed by atoms with Gasteiger partial charge in [-0.1, -0.05) is 29.8 Å². The summed E-state index contributed by atoms with van der Waals surface area (Å²) >= 11 is 6.04. The van der Waals surface area contributed by atoms with Crippen LogP contribution in [0.5, 0.6) is 0 Å². The Labute approximate surface area is 104 Å². The van der Waals surface area contributed by atoms with Crippen LogP contribution >= 0.6 is 11.6 Å². The van der Waals surface area contributed by atoms with Crippen molar-refractivity contribution >= 4 is 23.4 Å². The van der Waals surface area contributed by atoms with Crippen molar-refractivity contribution in [1.29, 1.82) is 0 Å². The van der Waals surface area contributed by atoms with Crippen molar-refractivity contribution in [2.75, 3.05) is 10.7 Å². The number of nitrogen functional groups attached to an aromatic ring is 1. The Kier molecular flexibility index (Phi) is 3.74. The Morgan fingerprint density at radius 3 is 2.82 bits per heavy atom. The van der Waals surface area contributed by atoms with E-state index in [1.165, 1.54) is 0 Å². The molecule has 0 fully saturated rings. The Balaban J connectivity index is 2.05. The van der Waals surface area contributed by atoms with Crippen molar-refractivity contribution in [3.8, 4) is 0 Å². The number of nitrogens with zero attached hydrogens (tertiary/aromatic N) is 2. The second-order valence-corrected chi connectivity index (χ2v) is 3.76. The molecule has 2 aromatic rings. The summed E-state index contributed by atoms with van der Waals surface area (Å²) in [5.74, 6) is 6.28. The SMILES string of the molecule is NNc1nccc(NCc2ccccc2Cl)n1. The zero-order valence-electron chi connectivity index (χ0n) is 9.02. The van der Waals surface area contributed by atoms with Crippen molar-refractivity contribution in [2.24, 2.45) is 5.84 Å². The minimum absolute atomic E-state index is 0.370. The number of nitrogens with two attached hydrogens (primary N) is 1. The lowest BCUT2D eigenvalue weighted by Crippen LogP contribution is -2.11. The molecule has 0 radical (unpaired) electrons. The lowest BCUT2D eigenvalue weighted by Gasteiger charge is -2.07. The van der Waals surface area contributed by atoms with Crippen LogP contribution < -0.4 is 16.6 Å². The average molecular weight is 250 g/mol. The largest absolute Gasteiger partial charge is 0.366 e. The molecule has 1 aromatic carbocycles. The van der Waals surface area contributed by atoms with E-state index in [9.17, 15) is 0 Å². The molecule has 88 valence electrons. The quantitative estimate of drug-likeness (QED) is 0.571. The zero-order chi connectivity index (χ0) is 12.1. The molecule has 1 aromatic heterocycles. The topological polar surface area (TPSA) is 75.9 Å². The summed E-state index contributed by atoms with van der Waals surface area (Å²) in [6, 6.07) is 9.41. The summed E-state index contributed by atoms with van der Waals surface area (Å²) in [4.78, 5) is 8.05. The average Bonchev–Trinajstić information content (AvgIpc) is 2.38. The molecule has 17 heavy (non-hydrogen) atoms. The second-order valence-electron chi connectivity index (χ2n) is 3.35. The lowest BCUT2D eigenvalue weighted by molar-refractivity contribution is 1.07. The molecule has 0 unspecified atom stereocenters. The van der Waals surface area contributed by atoms with E-state index in [0.717, 1.165) is 10.6 Å². The van der Waals surface area contributed by atoms with Gasteiger partial charge in [0, 0.05) is 17.8 Å². The molecule has 0 aliphatic carbocycles. The molecule has 0 amide bonds. The van der Waals surface area contributed by atoms with Crippen LogP contribution in [-0.4, -0.2) is 9.97 Å². The number of anilines is 2. The fourth-order valence-electron chi connectivity index (χ4n) is 1.35. The van der Waals surface area contributed by atoms with Gasteiger partial charge in [0.05, 0.1) is 0 Å². The highest BCUT2D eigenvalue weighted by molar-refractivity contribution is 6.31. The van der Waals surface area contributed by atoms with Gasteiger partial charge in [-0.3, -0.25) is 5.43 Å². The number of aromatic nitrogens is 2. The van der Waals surface area contributed by atoms with E-state index in [2.05, 4.69) is 20.7 Å². The standard InChI is InChI=1S/C11H12ClN5/c12-9-4-2-1-3-8(9)7-15-10-5-6-14-11(16-10)17-13/h1-6H,7,13H2,(H2,14,15,16,17). The fourth-order valence-corrected chi connectivity index (χ4v) is 1.56. The molecule has 0 saturated carbocycles. The van der Waals surface area contributed by atoms with E-state index >= 15 is 0 Å². The molecule has 2 rings (SSSR count). The summed E-state index contributed by atoms with van der Waals surface area (Å²) in [6.07, 6.45) is 1.62. The predicted molar refractivity (Wildman–Crippen MR) is 68.6 cm³/mol. The number of nitrogens with one attached hydrogen (secondary N) is 2. The van der Waals surface area contributed by atoms with Crippen molar-refractivity contribution in [2.45, 2.75) is 6.54 Å². The van der Waals surface area contributed by atoms with Crippen LogP contribution in [0.15, 0.2) is 36.5 Å². The number of hydrogen-bond donors (Lipinski definition) is 3. The molecule has 6 heteroatoms. The first-order valence-electron chi connectivity index (χ1n) is 5.06. The molecule has 1 heterocycles. The monoisotopic (exact) mass is 249 g/mol. The van der Waals surface area contributed by atoms with E-state index in [-0.39, 0.29) is 0 Å². The summed E-state index contributed by atoms with van der Waals surface area (Å²) in [5.41, 5.74) is 3.40. The smallest absolute Gasteiger partial charge is 0.239 e. The number of hydrogen-bond acceptors (Lipinski definition) is 5. The van der Waals surface area contributed by atoms with E-state index in [1.54, 1.807) is 12.3 Å². The van der Waals surface area contributed by atoms with Gasteiger partial charge in [0.1, 0.15) is 5.82 Å². The first-order chi connectivity index (χ1) is 8.29. The maximum absolute atomic E-state index is 6.04. The minimum atomic E-state index is 0.370. The Hall–Kier alpha value is -1.85. The normalized spacial score (nSPS) is 10.0. The van der Waals surface area contributed by atoms with Gasteiger partial charge in [-0.15, -0.1) is 0 Å². The van der Waals surface area contributed by atoms with Gasteiger partial charge in [0.15, 0.2) is 0 Å². The number of rotatable bonds is 4. The molecule has 0 aliphatic rings. The predicted octanol–water partition coefficient (Wildman–Crippen LogP) is 2.03. The van der Waals surface area contributed by atoms with Crippen molar-refractivity contribution in [3.63, 3.8) is 0 Å². The van der Waals surface area contributed by atoms with Gasteiger partial charge < -0.3 is 5.32 Å². The number of halogens is 1. The molecule has 5 nitrogen and oxygen atoms in total. The van der Waals surface area contributed by atoms with Crippen LogP contribution in [0.4, 0.5) is 11.8 Å². The van der Waals surface area contributed by atoms with Crippen LogP contribution in [0.3, 0.4) is 0 Å². The van der Waals surface area contributed by atoms with E-state index < -0.39 is 0 Å². The second kappa shape index (κ2) is 5.47. The van der Waals surface area contributed by atoms with Crippen LogP contribution in [0.25, 0.3) is 0 Å². The fraction of sp³-hybridized carbons (Fsp3) is 0.0909. The van der Waals surface area contributed by atoms with Gasteiger partial charge >= 0.3 is 0 Å². The zero-order valence-corrected chi connectivity index (χ0v) is 9.78. The van der Waals surface area contributed by atoms with Gasteiger partial charge in [0.2, 0.25) is 5.95 Å². The third kappa shape index (κ3) is 3.05. The first-order valence-corrected chi connectivity index (χ1v) is 5.44. The van der Waals surface area contributed by atoms with E-state index in [0.29, 0.717) is 18.3 Å². The van der Waals surface area contributed by atoms with E-state index in [1.807, 2.05) is 24.3 Å². The van der Waals surface area contributed by atoms with Crippen molar-refractivity contribution < 1.29 is 0 Å². The molecule has 0 atom stereocenters. The molecule has 0 saturated heterocycles.